The molecule has 39 heavy (non-hydrogen) atoms. The van der Waals surface area contributed by atoms with E-state index < -0.39 is 0 Å². The van der Waals surface area contributed by atoms with Crippen LogP contribution in [0.25, 0.3) is 22.3 Å². The first kappa shape index (κ1) is 26.3. The molecule has 0 unspecified atom stereocenters. The Labute approximate surface area is 237 Å². The van der Waals surface area contributed by atoms with Crippen LogP contribution in [0.4, 0.5) is 5.69 Å². The molecule has 0 aliphatic rings. The molecule has 194 valence electrons. The van der Waals surface area contributed by atoms with Crippen LogP contribution in [0.2, 0.25) is 5.02 Å². The molecule has 1 heterocycles. The number of anilines is 1. The number of para-hydroxylation sites is 2. The van der Waals surface area contributed by atoms with Gasteiger partial charge >= 0.3 is 0 Å². The highest BCUT2D eigenvalue weighted by molar-refractivity contribution is 9.10. The molecule has 5 rings (SSSR count). The van der Waals surface area contributed by atoms with E-state index in [9.17, 15) is 9.59 Å². The smallest absolute Gasteiger partial charge is 0.282 e. The highest BCUT2D eigenvalue weighted by atomic mass is 79.9. The van der Waals surface area contributed by atoms with Crippen molar-refractivity contribution in [3.8, 4) is 17.1 Å². The van der Waals surface area contributed by atoms with Gasteiger partial charge in [-0.2, -0.15) is 9.78 Å². The predicted molar refractivity (Wildman–Crippen MR) is 159 cm³/mol. The number of benzene rings is 4. The molecule has 0 aliphatic carbocycles. The van der Waals surface area contributed by atoms with E-state index in [1.165, 1.54) is 10.9 Å². The van der Waals surface area contributed by atoms with Gasteiger partial charge in [-0.25, -0.2) is 4.98 Å². The summed E-state index contributed by atoms with van der Waals surface area (Å²) in [4.78, 5) is 30.8. The maximum atomic E-state index is 13.5. The van der Waals surface area contributed by atoms with Crippen LogP contribution < -0.4 is 15.6 Å². The fourth-order valence-electron chi connectivity index (χ4n) is 3.99. The minimum Gasteiger partial charge on any atom is -0.482 e. The van der Waals surface area contributed by atoms with Crippen molar-refractivity contribution >= 4 is 56.2 Å². The molecule has 0 atom stereocenters. The quantitative estimate of drug-likeness (QED) is 0.211. The second-order valence-corrected chi connectivity index (χ2v) is 9.93. The second-order valence-electron chi connectivity index (χ2n) is 8.64. The predicted octanol–water partition coefficient (Wildman–Crippen LogP) is 6.69. The van der Waals surface area contributed by atoms with Gasteiger partial charge in [-0.3, -0.25) is 9.59 Å². The normalized spacial score (nSPS) is 11.2. The number of halogens is 2. The van der Waals surface area contributed by atoms with Gasteiger partial charge in [0, 0.05) is 21.8 Å². The summed E-state index contributed by atoms with van der Waals surface area (Å²) in [5.74, 6) is 0.415. The fraction of sp³-hybridized carbons (Fsp3) is 0.0667. The molecular formula is C30H22BrClN4O3. The standard InChI is InChI=1S/C30H22BrClN4O3/c1-19-9-5-7-13-25(19)34-27(37)18-39-28-21(15-22(32)16-24(28)31)17-33-36-29(20-10-3-2-4-11-20)35-26-14-8-6-12-23(26)30(36)38/h2-17H,18H2,1H3,(H,34,37). The molecule has 0 spiro atoms. The van der Waals surface area contributed by atoms with E-state index in [1.807, 2.05) is 67.6 Å². The molecule has 7 nitrogen and oxygen atoms in total. The van der Waals surface area contributed by atoms with E-state index in [0.717, 1.165) is 11.1 Å². The van der Waals surface area contributed by atoms with Crippen LogP contribution >= 0.6 is 27.5 Å². The van der Waals surface area contributed by atoms with Crippen molar-refractivity contribution in [3.05, 3.63) is 122 Å². The molecule has 0 bridgehead atoms. The van der Waals surface area contributed by atoms with Crippen molar-refractivity contribution in [2.24, 2.45) is 5.10 Å². The minimum atomic E-state index is -0.324. The van der Waals surface area contributed by atoms with Crippen LogP contribution in [-0.2, 0) is 4.79 Å². The van der Waals surface area contributed by atoms with Gasteiger partial charge in [0.25, 0.3) is 11.5 Å². The molecule has 0 saturated heterocycles. The molecule has 0 aliphatic heterocycles. The van der Waals surface area contributed by atoms with Crippen molar-refractivity contribution < 1.29 is 9.53 Å². The van der Waals surface area contributed by atoms with E-state index in [2.05, 4.69) is 26.3 Å². The van der Waals surface area contributed by atoms with Crippen molar-refractivity contribution in [3.63, 3.8) is 0 Å². The Kier molecular flexibility index (Phi) is 7.86. The number of ether oxygens (including phenoxy) is 1. The number of nitrogens with zero attached hydrogens (tertiary/aromatic N) is 3. The van der Waals surface area contributed by atoms with Crippen LogP contribution in [0.1, 0.15) is 11.1 Å². The Morgan fingerprint density at radius 3 is 2.56 bits per heavy atom. The minimum absolute atomic E-state index is 0.248. The zero-order chi connectivity index (χ0) is 27.4. The van der Waals surface area contributed by atoms with Gasteiger partial charge in [-0.05, 0) is 58.7 Å². The van der Waals surface area contributed by atoms with Crippen molar-refractivity contribution in [2.45, 2.75) is 6.92 Å². The van der Waals surface area contributed by atoms with Crippen LogP contribution in [0.3, 0.4) is 0 Å². The van der Waals surface area contributed by atoms with Gasteiger partial charge in [0.1, 0.15) is 5.75 Å². The van der Waals surface area contributed by atoms with E-state index in [-0.39, 0.29) is 18.1 Å². The fourth-order valence-corrected chi connectivity index (χ4v) is 4.94. The maximum absolute atomic E-state index is 13.5. The number of aromatic nitrogens is 2. The number of fused-ring (bicyclic) bond motifs is 1. The number of rotatable bonds is 7. The third kappa shape index (κ3) is 5.92. The van der Waals surface area contributed by atoms with Gasteiger partial charge in [0.15, 0.2) is 12.4 Å². The molecule has 5 aromatic rings. The van der Waals surface area contributed by atoms with Crippen LogP contribution in [0.5, 0.6) is 5.75 Å². The second kappa shape index (κ2) is 11.6. The van der Waals surface area contributed by atoms with Gasteiger partial charge < -0.3 is 10.1 Å². The van der Waals surface area contributed by atoms with Crippen molar-refractivity contribution in [1.82, 2.24) is 9.66 Å². The Morgan fingerprint density at radius 2 is 1.77 bits per heavy atom. The Bertz CT molecular complexity index is 1770. The lowest BCUT2D eigenvalue weighted by atomic mass is 10.2. The van der Waals surface area contributed by atoms with Crippen molar-refractivity contribution in [2.75, 3.05) is 11.9 Å². The number of nitrogens with one attached hydrogen (secondary N) is 1. The summed E-state index contributed by atoms with van der Waals surface area (Å²) in [6.45, 7) is 1.66. The first-order valence-electron chi connectivity index (χ1n) is 12.0. The lowest BCUT2D eigenvalue weighted by Gasteiger charge is -2.13. The summed E-state index contributed by atoms with van der Waals surface area (Å²) in [6.07, 6.45) is 1.47. The lowest BCUT2D eigenvalue weighted by Crippen LogP contribution is -2.21. The lowest BCUT2D eigenvalue weighted by molar-refractivity contribution is -0.118. The Balaban J connectivity index is 1.50. The van der Waals surface area contributed by atoms with E-state index in [1.54, 1.807) is 30.3 Å². The van der Waals surface area contributed by atoms with E-state index in [4.69, 9.17) is 21.3 Å². The topological polar surface area (TPSA) is 85.6 Å². The molecule has 1 N–H and O–H groups in total. The Hall–Kier alpha value is -4.27. The SMILES string of the molecule is Cc1ccccc1NC(=O)COc1c(Br)cc(Cl)cc1C=Nn1c(-c2ccccc2)nc2ccccc2c1=O. The van der Waals surface area contributed by atoms with Gasteiger partial charge in [-0.1, -0.05) is 72.3 Å². The average molecular weight is 602 g/mol. The van der Waals surface area contributed by atoms with Gasteiger partial charge in [0.2, 0.25) is 0 Å². The highest BCUT2D eigenvalue weighted by Crippen LogP contribution is 2.32. The van der Waals surface area contributed by atoms with E-state index in [0.29, 0.717) is 43.2 Å². The zero-order valence-corrected chi connectivity index (χ0v) is 23.1. The molecule has 1 amide bonds. The number of carbonyl (C=O) groups is 1. The summed E-state index contributed by atoms with van der Waals surface area (Å²) in [5, 5.41) is 8.21. The van der Waals surface area contributed by atoms with Crippen LogP contribution in [0.15, 0.2) is 105 Å². The molecule has 0 saturated carbocycles. The average Bonchev–Trinajstić information content (AvgIpc) is 2.93. The third-order valence-electron chi connectivity index (χ3n) is 5.90. The molecule has 0 fully saturated rings. The number of carbonyl (C=O) groups excluding carboxylic acids is 1. The van der Waals surface area contributed by atoms with E-state index >= 15 is 0 Å². The van der Waals surface area contributed by atoms with Crippen LogP contribution in [-0.4, -0.2) is 28.4 Å². The summed E-state index contributed by atoms with van der Waals surface area (Å²) in [6, 6.07) is 27.2. The first-order chi connectivity index (χ1) is 18.9. The summed E-state index contributed by atoms with van der Waals surface area (Å²) in [7, 11) is 0. The summed E-state index contributed by atoms with van der Waals surface area (Å²) in [5.41, 5.74) is 3.10. The molecule has 0 radical (unpaired) electrons. The third-order valence-corrected chi connectivity index (χ3v) is 6.71. The highest BCUT2D eigenvalue weighted by Gasteiger charge is 2.15. The molecular weight excluding hydrogens is 580 g/mol. The molecule has 4 aromatic carbocycles. The number of hydrogen-bond acceptors (Lipinski definition) is 5. The Morgan fingerprint density at radius 1 is 1.05 bits per heavy atom. The number of hydrogen-bond donors (Lipinski definition) is 1. The van der Waals surface area contributed by atoms with Gasteiger partial charge in [0.05, 0.1) is 21.6 Å². The maximum Gasteiger partial charge on any atom is 0.282 e. The first-order valence-corrected chi connectivity index (χ1v) is 13.2. The number of amides is 1. The summed E-state index contributed by atoms with van der Waals surface area (Å²) < 4.78 is 7.67. The zero-order valence-electron chi connectivity index (χ0n) is 20.8. The van der Waals surface area contributed by atoms with Crippen molar-refractivity contribution in [1.29, 1.82) is 0 Å². The molecule has 9 heteroatoms. The largest absolute Gasteiger partial charge is 0.482 e. The summed E-state index contributed by atoms with van der Waals surface area (Å²) >= 11 is 9.79. The van der Waals surface area contributed by atoms with Gasteiger partial charge in [-0.15, -0.1) is 0 Å². The molecule has 1 aromatic heterocycles. The number of aryl methyl sites for hydroxylation is 1. The monoisotopic (exact) mass is 600 g/mol. The van der Waals surface area contributed by atoms with Crippen LogP contribution in [0, 0.1) is 6.92 Å².